The van der Waals surface area contributed by atoms with Crippen LogP contribution in [0, 0.1) is 0 Å². The predicted molar refractivity (Wildman–Crippen MR) is 64.2 cm³/mol. The molecule has 0 spiro atoms. The molecule has 0 bridgehead atoms. The summed E-state index contributed by atoms with van der Waals surface area (Å²) in [7, 11) is 0. The van der Waals surface area contributed by atoms with Gasteiger partial charge in [-0.3, -0.25) is 0 Å². The van der Waals surface area contributed by atoms with Crippen molar-refractivity contribution in [2.24, 2.45) is 5.84 Å². The van der Waals surface area contributed by atoms with Gasteiger partial charge in [-0.2, -0.15) is 0 Å². The second-order valence-corrected chi connectivity index (χ2v) is 3.77. The zero-order valence-electron chi connectivity index (χ0n) is 9.93. The van der Waals surface area contributed by atoms with Gasteiger partial charge in [0.15, 0.2) is 0 Å². The Bertz CT molecular complexity index is 347. The summed E-state index contributed by atoms with van der Waals surface area (Å²) < 4.78 is 4.89. The normalized spacial score (nSPS) is 10.3. The van der Waals surface area contributed by atoms with Gasteiger partial charge in [-0.1, -0.05) is 0 Å². The first kappa shape index (κ1) is 12.5. The number of esters is 1. The molecule has 1 aromatic carbocycles. The van der Waals surface area contributed by atoms with Gasteiger partial charge < -0.3 is 9.75 Å². The molecule has 0 aliphatic heterocycles. The molecule has 0 saturated carbocycles. The summed E-state index contributed by atoms with van der Waals surface area (Å²) in [6.45, 7) is 6.17. The van der Waals surface area contributed by atoms with Crippen molar-refractivity contribution in [2.45, 2.75) is 26.8 Å². The molecule has 0 unspecified atom stereocenters. The van der Waals surface area contributed by atoms with Crippen LogP contribution in [-0.4, -0.2) is 18.6 Å². The van der Waals surface area contributed by atoms with E-state index in [9.17, 15) is 4.79 Å². The number of hydrazine groups is 1. The quantitative estimate of drug-likeness (QED) is 0.480. The molecule has 0 aliphatic carbocycles. The number of benzene rings is 1. The van der Waals surface area contributed by atoms with Crippen molar-refractivity contribution in [2.75, 3.05) is 11.6 Å². The maximum Gasteiger partial charge on any atom is 0.338 e. The minimum absolute atomic E-state index is 0.216. The standard InChI is InChI=1S/C12H18N2O2/c1-4-16-12(15)10-5-7-11(8-6-10)14(13)9(2)3/h5-9H,4,13H2,1-3H3. The van der Waals surface area contributed by atoms with Gasteiger partial charge >= 0.3 is 5.97 Å². The van der Waals surface area contributed by atoms with E-state index in [0.29, 0.717) is 12.2 Å². The Kier molecular flexibility index (Phi) is 4.31. The lowest BCUT2D eigenvalue weighted by Crippen LogP contribution is -2.37. The van der Waals surface area contributed by atoms with Crippen LogP contribution in [0.2, 0.25) is 0 Å². The average Bonchev–Trinajstić information content (AvgIpc) is 2.28. The highest BCUT2D eigenvalue weighted by Crippen LogP contribution is 2.15. The lowest BCUT2D eigenvalue weighted by molar-refractivity contribution is 0.0526. The fourth-order valence-electron chi connectivity index (χ4n) is 1.28. The molecule has 4 nitrogen and oxygen atoms in total. The van der Waals surface area contributed by atoms with E-state index in [0.717, 1.165) is 5.69 Å². The Balaban J connectivity index is 2.79. The minimum Gasteiger partial charge on any atom is -0.462 e. The van der Waals surface area contributed by atoms with Crippen LogP contribution in [0.25, 0.3) is 0 Å². The van der Waals surface area contributed by atoms with Crippen LogP contribution in [0.1, 0.15) is 31.1 Å². The lowest BCUT2D eigenvalue weighted by Gasteiger charge is -2.22. The summed E-state index contributed by atoms with van der Waals surface area (Å²) in [5.74, 6) is 5.54. The molecule has 1 aromatic rings. The third-order valence-corrected chi connectivity index (χ3v) is 2.23. The Morgan fingerprint density at radius 2 is 1.94 bits per heavy atom. The first-order valence-electron chi connectivity index (χ1n) is 5.37. The number of rotatable bonds is 4. The molecular weight excluding hydrogens is 204 g/mol. The summed E-state index contributed by atoms with van der Waals surface area (Å²) >= 11 is 0. The highest BCUT2D eigenvalue weighted by molar-refractivity contribution is 5.89. The molecular formula is C12H18N2O2. The van der Waals surface area contributed by atoms with Crippen molar-refractivity contribution < 1.29 is 9.53 Å². The van der Waals surface area contributed by atoms with Crippen LogP contribution in [0.3, 0.4) is 0 Å². The summed E-state index contributed by atoms with van der Waals surface area (Å²) in [5.41, 5.74) is 1.42. The van der Waals surface area contributed by atoms with E-state index in [1.807, 2.05) is 26.0 Å². The SMILES string of the molecule is CCOC(=O)c1ccc(N(N)C(C)C)cc1. The number of anilines is 1. The molecule has 0 fully saturated rings. The summed E-state index contributed by atoms with van der Waals surface area (Å²) in [6, 6.07) is 7.28. The molecule has 0 heterocycles. The smallest absolute Gasteiger partial charge is 0.338 e. The third kappa shape index (κ3) is 2.97. The molecule has 0 aromatic heterocycles. The van der Waals surface area contributed by atoms with E-state index in [4.69, 9.17) is 10.6 Å². The first-order valence-corrected chi connectivity index (χ1v) is 5.37. The zero-order valence-corrected chi connectivity index (χ0v) is 9.93. The lowest BCUT2D eigenvalue weighted by atomic mass is 10.2. The first-order chi connectivity index (χ1) is 7.56. The minimum atomic E-state index is -0.304. The second kappa shape index (κ2) is 5.51. The van der Waals surface area contributed by atoms with Crippen LogP contribution in [0.5, 0.6) is 0 Å². The number of ether oxygens (including phenoxy) is 1. The maximum atomic E-state index is 11.4. The van der Waals surface area contributed by atoms with E-state index >= 15 is 0 Å². The maximum absolute atomic E-state index is 11.4. The number of hydrogen-bond donors (Lipinski definition) is 1. The van der Waals surface area contributed by atoms with Crippen molar-refractivity contribution in [1.82, 2.24) is 0 Å². The third-order valence-electron chi connectivity index (χ3n) is 2.23. The monoisotopic (exact) mass is 222 g/mol. The van der Waals surface area contributed by atoms with Gasteiger partial charge in [0.25, 0.3) is 0 Å². The van der Waals surface area contributed by atoms with Crippen LogP contribution >= 0.6 is 0 Å². The molecule has 88 valence electrons. The number of carbonyl (C=O) groups is 1. The second-order valence-electron chi connectivity index (χ2n) is 3.77. The van der Waals surface area contributed by atoms with Crippen LogP contribution in [0.15, 0.2) is 24.3 Å². The van der Waals surface area contributed by atoms with Gasteiger partial charge in [0, 0.05) is 6.04 Å². The van der Waals surface area contributed by atoms with E-state index in [1.165, 1.54) is 0 Å². The Labute approximate surface area is 96.0 Å². The average molecular weight is 222 g/mol. The highest BCUT2D eigenvalue weighted by atomic mass is 16.5. The number of nitrogens with two attached hydrogens (primary N) is 1. The molecule has 16 heavy (non-hydrogen) atoms. The topological polar surface area (TPSA) is 55.6 Å². The van der Waals surface area contributed by atoms with Crippen molar-refractivity contribution in [3.05, 3.63) is 29.8 Å². The van der Waals surface area contributed by atoms with Gasteiger partial charge in [0.05, 0.1) is 17.9 Å². The number of hydrogen-bond acceptors (Lipinski definition) is 4. The van der Waals surface area contributed by atoms with Crippen molar-refractivity contribution >= 4 is 11.7 Å². The molecule has 0 saturated heterocycles. The van der Waals surface area contributed by atoms with Gasteiger partial charge in [-0.05, 0) is 45.0 Å². The van der Waals surface area contributed by atoms with Crippen molar-refractivity contribution in [3.8, 4) is 0 Å². The van der Waals surface area contributed by atoms with Crippen LogP contribution in [-0.2, 0) is 4.74 Å². The summed E-state index contributed by atoms with van der Waals surface area (Å²) in [5, 5.41) is 1.65. The highest BCUT2D eigenvalue weighted by Gasteiger charge is 2.08. The zero-order chi connectivity index (χ0) is 12.1. The van der Waals surface area contributed by atoms with Gasteiger partial charge in [-0.25, -0.2) is 10.6 Å². The fourth-order valence-corrected chi connectivity index (χ4v) is 1.28. The number of carbonyl (C=O) groups excluding carboxylic acids is 1. The van der Waals surface area contributed by atoms with Crippen molar-refractivity contribution in [3.63, 3.8) is 0 Å². The Hall–Kier alpha value is -1.55. The van der Waals surface area contributed by atoms with Crippen molar-refractivity contribution in [1.29, 1.82) is 0 Å². The molecule has 4 heteroatoms. The molecule has 0 aliphatic rings. The largest absolute Gasteiger partial charge is 0.462 e. The summed E-state index contributed by atoms with van der Waals surface area (Å²) in [4.78, 5) is 11.4. The van der Waals surface area contributed by atoms with Gasteiger partial charge in [0.2, 0.25) is 0 Å². The predicted octanol–water partition coefficient (Wildman–Crippen LogP) is 1.95. The van der Waals surface area contributed by atoms with Crippen LogP contribution < -0.4 is 10.9 Å². The van der Waals surface area contributed by atoms with Crippen LogP contribution in [0.4, 0.5) is 5.69 Å². The van der Waals surface area contributed by atoms with E-state index < -0.39 is 0 Å². The molecule has 0 amide bonds. The number of nitrogens with zero attached hydrogens (tertiary/aromatic N) is 1. The molecule has 0 radical (unpaired) electrons. The van der Waals surface area contributed by atoms with E-state index in [-0.39, 0.29) is 12.0 Å². The molecule has 0 atom stereocenters. The summed E-state index contributed by atoms with van der Waals surface area (Å²) in [6.07, 6.45) is 0. The van der Waals surface area contributed by atoms with E-state index in [1.54, 1.807) is 24.1 Å². The molecule has 2 N–H and O–H groups in total. The van der Waals surface area contributed by atoms with E-state index in [2.05, 4.69) is 0 Å². The Morgan fingerprint density at radius 1 is 1.38 bits per heavy atom. The van der Waals surface area contributed by atoms with Gasteiger partial charge in [-0.15, -0.1) is 0 Å². The van der Waals surface area contributed by atoms with Gasteiger partial charge in [0.1, 0.15) is 0 Å². The Morgan fingerprint density at radius 3 is 2.38 bits per heavy atom. The molecule has 1 rings (SSSR count). The fraction of sp³-hybridized carbons (Fsp3) is 0.417.